The van der Waals surface area contributed by atoms with E-state index in [2.05, 4.69) is 16.2 Å². The van der Waals surface area contributed by atoms with Gasteiger partial charge in [-0.2, -0.15) is 0 Å². The summed E-state index contributed by atoms with van der Waals surface area (Å²) >= 11 is 6.49. The minimum Gasteiger partial charge on any atom is -0.362 e. The highest BCUT2D eigenvalue weighted by molar-refractivity contribution is 7.80. The van der Waals surface area contributed by atoms with Gasteiger partial charge in [-0.1, -0.05) is 0 Å². The van der Waals surface area contributed by atoms with Crippen molar-refractivity contribution in [3.63, 3.8) is 0 Å². The molecule has 0 aromatic carbocycles. The lowest BCUT2D eigenvalue weighted by Gasteiger charge is -2.09. The summed E-state index contributed by atoms with van der Waals surface area (Å²) in [6, 6.07) is 0. The number of thiophene rings is 1. The number of hydrazine groups is 1. The first kappa shape index (κ1) is 12.9. The number of hydrogen-bond acceptors (Lipinski definition) is 3. The van der Waals surface area contributed by atoms with E-state index in [1.165, 1.54) is 0 Å². The molecule has 0 aliphatic heterocycles. The minimum atomic E-state index is -0.165. The molecule has 0 spiro atoms. The summed E-state index contributed by atoms with van der Waals surface area (Å²) in [6.07, 6.45) is 0. The lowest BCUT2D eigenvalue weighted by atomic mass is 10.2. The third-order valence-corrected chi connectivity index (χ3v) is 3.42. The van der Waals surface area contributed by atoms with E-state index in [1.54, 1.807) is 11.3 Å². The topological polar surface area (TPSA) is 53.2 Å². The number of carbonyl (C=O) groups is 1. The van der Waals surface area contributed by atoms with Crippen molar-refractivity contribution in [2.24, 2.45) is 0 Å². The summed E-state index contributed by atoms with van der Waals surface area (Å²) in [5.41, 5.74) is 6.90. The molecule has 3 N–H and O–H groups in total. The summed E-state index contributed by atoms with van der Waals surface area (Å²) in [6.45, 7) is 6.58. The van der Waals surface area contributed by atoms with Crippen molar-refractivity contribution in [2.45, 2.75) is 20.8 Å². The molecule has 0 saturated carbocycles. The lowest BCUT2D eigenvalue weighted by Crippen LogP contribution is -2.46. The molecule has 0 aliphatic rings. The highest BCUT2D eigenvalue weighted by Crippen LogP contribution is 2.19. The summed E-state index contributed by atoms with van der Waals surface area (Å²) in [7, 11) is 0. The van der Waals surface area contributed by atoms with Gasteiger partial charge in [0.05, 0.1) is 5.56 Å². The van der Waals surface area contributed by atoms with Gasteiger partial charge in [0.25, 0.3) is 5.91 Å². The van der Waals surface area contributed by atoms with E-state index in [0.717, 1.165) is 17.0 Å². The van der Waals surface area contributed by atoms with Crippen molar-refractivity contribution in [3.05, 3.63) is 21.4 Å². The predicted molar refractivity (Wildman–Crippen MR) is 70.7 cm³/mol. The second kappa shape index (κ2) is 5.81. The van der Waals surface area contributed by atoms with Crippen LogP contribution >= 0.6 is 23.6 Å². The van der Waals surface area contributed by atoms with Gasteiger partial charge >= 0.3 is 0 Å². The molecule has 6 heteroatoms. The van der Waals surface area contributed by atoms with Crippen molar-refractivity contribution in [3.8, 4) is 0 Å². The van der Waals surface area contributed by atoms with Crippen LogP contribution in [0.2, 0.25) is 0 Å². The molecule has 1 amide bonds. The zero-order valence-electron chi connectivity index (χ0n) is 9.51. The van der Waals surface area contributed by atoms with Crippen molar-refractivity contribution in [2.75, 3.05) is 6.54 Å². The Morgan fingerprint density at radius 3 is 2.62 bits per heavy atom. The first-order valence-corrected chi connectivity index (χ1v) is 6.24. The van der Waals surface area contributed by atoms with Crippen molar-refractivity contribution >= 4 is 34.6 Å². The van der Waals surface area contributed by atoms with Crippen LogP contribution in [0.5, 0.6) is 0 Å². The van der Waals surface area contributed by atoms with Crippen LogP contribution in [0.15, 0.2) is 5.38 Å². The van der Waals surface area contributed by atoms with E-state index in [-0.39, 0.29) is 5.91 Å². The van der Waals surface area contributed by atoms with Gasteiger partial charge in [0.1, 0.15) is 0 Å². The maximum Gasteiger partial charge on any atom is 0.270 e. The summed E-state index contributed by atoms with van der Waals surface area (Å²) < 4.78 is 0. The van der Waals surface area contributed by atoms with Crippen LogP contribution < -0.4 is 16.2 Å². The fraction of sp³-hybridized carbons (Fsp3) is 0.400. The molecule has 1 rings (SSSR count). The molecule has 1 aromatic heterocycles. The second-order valence-corrected chi connectivity index (χ2v) is 4.76. The molecule has 88 valence electrons. The van der Waals surface area contributed by atoms with Gasteiger partial charge in [-0.15, -0.1) is 11.3 Å². The van der Waals surface area contributed by atoms with Crippen LogP contribution in [0.3, 0.4) is 0 Å². The smallest absolute Gasteiger partial charge is 0.270 e. The molecule has 1 aromatic rings. The number of aryl methyl sites for hydroxylation is 1. The number of rotatable bonds is 2. The number of hydrogen-bond donors (Lipinski definition) is 3. The fourth-order valence-corrected chi connectivity index (χ4v) is 2.18. The standard InChI is InChI=1S/C10H15N3OS2/c1-4-11-10(15)13-12-9(14)8-5-16-7(3)6(8)2/h5H,4H2,1-3H3,(H,12,14)(H2,11,13,15). The van der Waals surface area contributed by atoms with E-state index >= 15 is 0 Å². The van der Waals surface area contributed by atoms with Crippen LogP contribution in [-0.2, 0) is 0 Å². The Morgan fingerprint density at radius 2 is 2.12 bits per heavy atom. The molecular weight excluding hydrogens is 242 g/mol. The second-order valence-electron chi connectivity index (χ2n) is 3.27. The van der Waals surface area contributed by atoms with Crippen LogP contribution in [-0.4, -0.2) is 17.6 Å². The lowest BCUT2D eigenvalue weighted by molar-refractivity contribution is 0.0943. The van der Waals surface area contributed by atoms with Gasteiger partial charge in [-0.3, -0.25) is 15.6 Å². The van der Waals surface area contributed by atoms with Gasteiger partial charge in [-0.05, 0) is 38.6 Å². The van der Waals surface area contributed by atoms with Crippen LogP contribution in [0.25, 0.3) is 0 Å². The maximum atomic E-state index is 11.7. The van der Waals surface area contributed by atoms with Crippen molar-refractivity contribution in [1.29, 1.82) is 0 Å². The normalized spacial score (nSPS) is 9.69. The summed E-state index contributed by atoms with van der Waals surface area (Å²) in [4.78, 5) is 12.9. The summed E-state index contributed by atoms with van der Waals surface area (Å²) in [5, 5.41) is 5.14. The average Bonchev–Trinajstić information content (AvgIpc) is 2.57. The molecule has 0 bridgehead atoms. The Labute approximate surface area is 104 Å². The van der Waals surface area contributed by atoms with Gasteiger partial charge < -0.3 is 5.32 Å². The Hall–Kier alpha value is -1.14. The minimum absolute atomic E-state index is 0.165. The molecule has 4 nitrogen and oxygen atoms in total. The first-order chi connectivity index (χ1) is 7.56. The van der Waals surface area contributed by atoms with Crippen molar-refractivity contribution < 1.29 is 4.79 Å². The fourth-order valence-electron chi connectivity index (χ4n) is 1.12. The number of amides is 1. The van der Waals surface area contributed by atoms with E-state index in [0.29, 0.717) is 10.7 Å². The molecule has 0 aliphatic carbocycles. The number of carbonyl (C=O) groups excluding carboxylic acids is 1. The van der Waals surface area contributed by atoms with E-state index in [1.807, 2.05) is 26.2 Å². The molecule has 0 unspecified atom stereocenters. The molecule has 0 atom stereocenters. The highest BCUT2D eigenvalue weighted by atomic mass is 32.1. The number of nitrogens with one attached hydrogen (secondary N) is 3. The Balaban J connectivity index is 2.53. The third kappa shape index (κ3) is 3.18. The van der Waals surface area contributed by atoms with Crippen LogP contribution in [0.4, 0.5) is 0 Å². The molecule has 16 heavy (non-hydrogen) atoms. The predicted octanol–water partition coefficient (Wildman–Crippen LogP) is 1.49. The van der Waals surface area contributed by atoms with E-state index < -0.39 is 0 Å². The first-order valence-electron chi connectivity index (χ1n) is 4.95. The zero-order valence-corrected chi connectivity index (χ0v) is 11.1. The van der Waals surface area contributed by atoms with Gasteiger partial charge in [-0.25, -0.2) is 0 Å². The van der Waals surface area contributed by atoms with Crippen LogP contribution in [0.1, 0.15) is 27.7 Å². The average molecular weight is 257 g/mol. The zero-order chi connectivity index (χ0) is 12.1. The van der Waals surface area contributed by atoms with Gasteiger partial charge in [0, 0.05) is 16.8 Å². The van der Waals surface area contributed by atoms with E-state index in [4.69, 9.17) is 12.2 Å². The quantitative estimate of drug-likeness (QED) is 0.555. The summed E-state index contributed by atoms with van der Waals surface area (Å²) in [5.74, 6) is -0.165. The SMILES string of the molecule is CCNC(=S)NNC(=O)c1csc(C)c1C. The van der Waals surface area contributed by atoms with Gasteiger partial charge in [0.2, 0.25) is 0 Å². The Bertz CT molecular complexity index is 401. The van der Waals surface area contributed by atoms with E-state index in [9.17, 15) is 4.79 Å². The maximum absolute atomic E-state index is 11.7. The molecular formula is C10H15N3OS2. The molecule has 0 radical (unpaired) electrons. The number of thiocarbonyl (C=S) groups is 1. The molecule has 0 fully saturated rings. The molecule has 1 heterocycles. The Morgan fingerprint density at radius 1 is 1.44 bits per heavy atom. The van der Waals surface area contributed by atoms with Crippen molar-refractivity contribution in [1.82, 2.24) is 16.2 Å². The molecule has 0 saturated heterocycles. The monoisotopic (exact) mass is 257 g/mol. The Kier molecular flexibility index (Phi) is 4.70. The highest BCUT2D eigenvalue weighted by Gasteiger charge is 2.11. The largest absolute Gasteiger partial charge is 0.362 e. The van der Waals surface area contributed by atoms with Gasteiger partial charge in [0.15, 0.2) is 5.11 Å². The van der Waals surface area contributed by atoms with Crippen LogP contribution in [0, 0.1) is 13.8 Å². The third-order valence-electron chi connectivity index (χ3n) is 2.16.